The highest BCUT2D eigenvalue weighted by atomic mass is 19.1. The summed E-state index contributed by atoms with van der Waals surface area (Å²) in [6.45, 7) is 3.27. The van der Waals surface area contributed by atoms with E-state index in [0.717, 1.165) is 37.4 Å². The minimum absolute atomic E-state index is 0.0869. The average Bonchev–Trinajstić information content (AvgIpc) is 3.11. The van der Waals surface area contributed by atoms with E-state index in [4.69, 9.17) is 4.74 Å². The third-order valence-electron chi connectivity index (χ3n) is 4.69. The lowest BCUT2D eigenvalue weighted by Crippen LogP contribution is -2.43. The molecule has 1 aromatic carbocycles. The van der Waals surface area contributed by atoms with Gasteiger partial charge >= 0.3 is 0 Å². The predicted molar refractivity (Wildman–Crippen MR) is 98.7 cm³/mol. The fraction of sp³-hybridized carbons (Fsp3) is 0.286. The fourth-order valence-electron chi connectivity index (χ4n) is 3.47. The number of pyridine rings is 1. The molecule has 134 valence electrons. The van der Waals surface area contributed by atoms with Crippen LogP contribution in [0.2, 0.25) is 0 Å². The number of benzene rings is 1. The van der Waals surface area contributed by atoms with Crippen LogP contribution in [0.15, 0.2) is 67.0 Å². The van der Waals surface area contributed by atoms with Gasteiger partial charge in [0, 0.05) is 37.7 Å². The Balaban J connectivity index is 1.42. The first-order chi connectivity index (χ1) is 12.8. The largest absolute Gasteiger partial charge is 0.375 e. The summed E-state index contributed by atoms with van der Waals surface area (Å²) in [5, 5.41) is 0. The molecule has 1 fully saturated rings. The van der Waals surface area contributed by atoms with Crippen molar-refractivity contribution in [3.05, 3.63) is 84.1 Å². The van der Waals surface area contributed by atoms with Crippen LogP contribution in [-0.2, 0) is 17.7 Å². The zero-order chi connectivity index (χ0) is 17.8. The van der Waals surface area contributed by atoms with Crippen molar-refractivity contribution in [3.8, 4) is 5.82 Å². The van der Waals surface area contributed by atoms with Gasteiger partial charge in [-0.1, -0.05) is 18.2 Å². The maximum atomic E-state index is 13.4. The second kappa shape index (κ2) is 7.81. The van der Waals surface area contributed by atoms with Crippen LogP contribution in [0, 0.1) is 5.82 Å². The summed E-state index contributed by atoms with van der Waals surface area (Å²) in [6.07, 6.45) is 4.67. The van der Waals surface area contributed by atoms with E-state index in [0.29, 0.717) is 6.61 Å². The van der Waals surface area contributed by atoms with Crippen molar-refractivity contribution in [2.45, 2.75) is 19.1 Å². The SMILES string of the molecule is Fc1cccc(CC2CN(Cc3cccn3-c3ccccn3)CCO2)c1. The van der Waals surface area contributed by atoms with E-state index in [-0.39, 0.29) is 11.9 Å². The van der Waals surface area contributed by atoms with E-state index in [1.807, 2.05) is 36.7 Å². The zero-order valence-electron chi connectivity index (χ0n) is 14.6. The molecule has 0 radical (unpaired) electrons. The second-order valence-corrected chi connectivity index (χ2v) is 6.62. The number of ether oxygens (including phenoxy) is 1. The third kappa shape index (κ3) is 4.00. The molecule has 0 bridgehead atoms. The Hall–Kier alpha value is -2.50. The lowest BCUT2D eigenvalue weighted by molar-refractivity contribution is -0.0310. The van der Waals surface area contributed by atoms with Crippen molar-refractivity contribution < 1.29 is 9.13 Å². The van der Waals surface area contributed by atoms with Crippen LogP contribution in [0.3, 0.4) is 0 Å². The van der Waals surface area contributed by atoms with Gasteiger partial charge in [-0.3, -0.25) is 4.90 Å². The maximum absolute atomic E-state index is 13.4. The van der Waals surface area contributed by atoms with E-state index in [9.17, 15) is 4.39 Å². The third-order valence-corrected chi connectivity index (χ3v) is 4.69. The van der Waals surface area contributed by atoms with Crippen LogP contribution in [0.25, 0.3) is 5.82 Å². The van der Waals surface area contributed by atoms with Gasteiger partial charge in [-0.25, -0.2) is 9.37 Å². The van der Waals surface area contributed by atoms with E-state index < -0.39 is 0 Å². The predicted octanol–water partition coefficient (Wildman–Crippen LogP) is 3.45. The van der Waals surface area contributed by atoms with Crippen LogP contribution in [0.4, 0.5) is 4.39 Å². The molecular weight excluding hydrogens is 329 g/mol. The Kier molecular flexibility index (Phi) is 5.09. The maximum Gasteiger partial charge on any atom is 0.136 e. The Morgan fingerprint density at radius 2 is 2.08 bits per heavy atom. The minimum atomic E-state index is -0.191. The first-order valence-electron chi connectivity index (χ1n) is 8.94. The van der Waals surface area contributed by atoms with E-state index >= 15 is 0 Å². The van der Waals surface area contributed by atoms with Gasteiger partial charge in [0.15, 0.2) is 0 Å². The molecule has 26 heavy (non-hydrogen) atoms. The van der Waals surface area contributed by atoms with Crippen LogP contribution < -0.4 is 0 Å². The Bertz CT molecular complexity index is 849. The minimum Gasteiger partial charge on any atom is -0.375 e. The smallest absolute Gasteiger partial charge is 0.136 e. The summed E-state index contributed by atoms with van der Waals surface area (Å²) in [5.41, 5.74) is 2.18. The van der Waals surface area contributed by atoms with Crippen molar-refractivity contribution in [2.75, 3.05) is 19.7 Å². The van der Waals surface area contributed by atoms with Gasteiger partial charge in [0.05, 0.1) is 12.7 Å². The molecule has 0 saturated carbocycles. The molecule has 2 aromatic heterocycles. The first-order valence-corrected chi connectivity index (χ1v) is 8.94. The van der Waals surface area contributed by atoms with E-state index in [1.54, 1.807) is 12.1 Å². The molecule has 5 heteroatoms. The Labute approximate surface area is 152 Å². The lowest BCUT2D eigenvalue weighted by atomic mass is 10.1. The highest BCUT2D eigenvalue weighted by Crippen LogP contribution is 2.17. The van der Waals surface area contributed by atoms with Crippen molar-refractivity contribution in [1.29, 1.82) is 0 Å². The molecule has 0 N–H and O–H groups in total. The number of nitrogens with zero attached hydrogens (tertiary/aromatic N) is 3. The molecule has 4 nitrogen and oxygen atoms in total. The summed E-state index contributed by atoms with van der Waals surface area (Å²) in [5.74, 6) is 0.737. The number of aromatic nitrogens is 2. The molecule has 3 heterocycles. The van der Waals surface area contributed by atoms with Crippen LogP contribution >= 0.6 is 0 Å². The van der Waals surface area contributed by atoms with Crippen LogP contribution in [0.5, 0.6) is 0 Å². The molecule has 1 saturated heterocycles. The van der Waals surface area contributed by atoms with Crippen molar-refractivity contribution in [1.82, 2.24) is 14.5 Å². The Morgan fingerprint density at radius 3 is 2.92 bits per heavy atom. The zero-order valence-corrected chi connectivity index (χ0v) is 14.6. The summed E-state index contributed by atoms with van der Waals surface area (Å²) in [7, 11) is 0. The van der Waals surface area contributed by atoms with Gasteiger partial charge < -0.3 is 9.30 Å². The van der Waals surface area contributed by atoms with Gasteiger partial charge in [0.25, 0.3) is 0 Å². The number of rotatable bonds is 5. The number of morpholine rings is 1. The molecule has 0 amide bonds. The summed E-state index contributed by atoms with van der Waals surface area (Å²) in [6, 6.07) is 16.9. The van der Waals surface area contributed by atoms with E-state index in [2.05, 4.69) is 26.6 Å². The fourth-order valence-corrected chi connectivity index (χ4v) is 3.47. The molecule has 1 aliphatic rings. The van der Waals surface area contributed by atoms with Gasteiger partial charge in [-0.05, 0) is 48.4 Å². The first kappa shape index (κ1) is 16.9. The monoisotopic (exact) mass is 351 g/mol. The second-order valence-electron chi connectivity index (χ2n) is 6.62. The number of halogens is 1. The quantitative estimate of drug-likeness (QED) is 0.705. The number of hydrogen-bond donors (Lipinski definition) is 0. The average molecular weight is 351 g/mol. The van der Waals surface area contributed by atoms with Crippen LogP contribution in [0.1, 0.15) is 11.3 Å². The molecule has 0 aliphatic carbocycles. The number of hydrogen-bond acceptors (Lipinski definition) is 3. The van der Waals surface area contributed by atoms with Crippen molar-refractivity contribution in [2.24, 2.45) is 0 Å². The Morgan fingerprint density at radius 1 is 1.12 bits per heavy atom. The molecule has 1 aliphatic heterocycles. The summed E-state index contributed by atoms with van der Waals surface area (Å²) in [4.78, 5) is 6.83. The normalized spacial score (nSPS) is 18.1. The van der Waals surface area contributed by atoms with Crippen LogP contribution in [-0.4, -0.2) is 40.3 Å². The summed E-state index contributed by atoms with van der Waals surface area (Å²) >= 11 is 0. The lowest BCUT2D eigenvalue weighted by Gasteiger charge is -2.33. The standard InChI is InChI=1S/C21H22FN3O/c22-18-6-3-5-17(13-18)14-20-16-24(11-12-26-20)15-19-7-4-10-25(19)21-8-1-2-9-23-21/h1-10,13,20H,11-12,14-16H2. The van der Waals surface area contributed by atoms with Gasteiger partial charge in [-0.15, -0.1) is 0 Å². The topological polar surface area (TPSA) is 30.3 Å². The molecular formula is C21H22FN3O. The van der Waals surface area contributed by atoms with Gasteiger partial charge in [0.2, 0.25) is 0 Å². The van der Waals surface area contributed by atoms with Gasteiger partial charge in [-0.2, -0.15) is 0 Å². The van der Waals surface area contributed by atoms with E-state index in [1.165, 1.54) is 11.8 Å². The molecule has 1 unspecified atom stereocenters. The van der Waals surface area contributed by atoms with Gasteiger partial charge in [0.1, 0.15) is 11.6 Å². The van der Waals surface area contributed by atoms with Crippen molar-refractivity contribution >= 4 is 0 Å². The van der Waals surface area contributed by atoms with Crippen molar-refractivity contribution in [3.63, 3.8) is 0 Å². The molecule has 4 rings (SSSR count). The molecule has 1 atom stereocenters. The highest BCUT2D eigenvalue weighted by molar-refractivity contribution is 5.27. The summed E-state index contributed by atoms with van der Waals surface area (Å²) < 4.78 is 21.4. The molecule has 0 spiro atoms. The highest BCUT2D eigenvalue weighted by Gasteiger charge is 2.22. The molecule has 3 aromatic rings.